The number of carbonyl (C=O) groups is 2. The number of ether oxygens (including phenoxy) is 2. The summed E-state index contributed by atoms with van der Waals surface area (Å²) in [7, 11) is 0. The summed E-state index contributed by atoms with van der Waals surface area (Å²) in [4.78, 5) is 33.0. The monoisotopic (exact) mass is 575 g/mol. The molecule has 0 aromatic heterocycles. The minimum absolute atomic E-state index is 0.0248. The molecule has 228 valence electrons. The van der Waals surface area contributed by atoms with Crippen LogP contribution in [0.4, 0.5) is 4.79 Å². The zero-order valence-corrected chi connectivity index (χ0v) is 26.4. The summed E-state index contributed by atoms with van der Waals surface area (Å²) in [5.41, 5.74) is 3.52. The highest BCUT2D eigenvalue weighted by Gasteiger charge is 2.52. The van der Waals surface area contributed by atoms with Crippen molar-refractivity contribution in [1.82, 2.24) is 14.7 Å². The molecule has 2 aromatic rings. The normalized spacial score (nSPS) is 21.5. The van der Waals surface area contributed by atoms with Crippen molar-refractivity contribution < 1.29 is 19.1 Å². The lowest BCUT2D eigenvalue weighted by Crippen LogP contribution is -2.62. The van der Waals surface area contributed by atoms with Gasteiger partial charge in [0.2, 0.25) is 5.91 Å². The Kier molecular flexibility index (Phi) is 8.89. The minimum atomic E-state index is -0.482. The number of amides is 2. The van der Waals surface area contributed by atoms with E-state index in [1.165, 1.54) is 16.7 Å². The fourth-order valence-electron chi connectivity index (χ4n) is 7.16. The Labute approximate surface area is 252 Å². The van der Waals surface area contributed by atoms with E-state index in [4.69, 9.17) is 9.47 Å². The van der Waals surface area contributed by atoms with E-state index in [2.05, 4.69) is 60.0 Å². The first-order valence-electron chi connectivity index (χ1n) is 15.8. The largest absolute Gasteiger partial charge is 0.494 e. The maximum atomic E-state index is 14.0. The van der Waals surface area contributed by atoms with Crippen molar-refractivity contribution >= 4 is 12.0 Å². The SMILES string of the molecule is CCOc1ccc(CN2CC(=O)N(C3CC4(CCN(C(=O)OC(C)(C)C)CC4)C3)C(c3ccccc3C(C)C)C2)cc1. The number of likely N-dealkylation sites (tertiary alicyclic amines) is 1. The molecule has 7 nitrogen and oxygen atoms in total. The Morgan fingerprint density at radius 3 is 2.31 bits per heavy atom. The second-order valence-corrected chi connectivity index (χ2v) is 13.9. The molecule has 3 fully saturated rings. The highest BCUT2D eigenvalue weighted by molar-refractivity contribution is 5.80. The van der Waals surface area contributed by atoms with Crippen molar-refractivity contribution in [2.24, 2.45) is 5.41 Å². The molecule has 5 rings (SSSR count). The first-order chi connectivity index (χ1) is 20.0. The van der Waals surface area contributed by atoms with Crippen LogP contribution in [0.3, 0.4) is 0 Å². The van der Waals surface area contributed by atoms with Crippen molar-refractivity contribution in [1.29, 1.82) is 0 Å². The Morgan fingerprint density at radius 1 is 1.02 bits per heavy atom. The summed E-state index contributed by atoms with van der Waals surface area (Å²) in [5, 5.41) is 0. The van der Waals surface area contributed by atoms with Gasteiger partial charge in [0, 0.05) is 32.2 Å². The zero-order valence-electron chi connectivity index (χ0n) is 26.4. The molecule has 0 radical (unpaired) electrons. The summed E-state index contributed by atoms with van der Waals surface area (Å²) >= 11 is 0. The number of carbonyl (C=O) groups excluding carboxylic acids is 2. The Bertz CT molecular complexity index is 1240. The van der Waals surface area contributed by atoms with Crippen LogP contribution in [0.15, 0.2) is 48.5 Å². The van der Waals surface area contributed by atoms with Crippen LogP contribution >= 0.6 is 0 Å². The molecule has 3 aliphatic rings. The van der Waals surface area contributed by atoms with Crippen LogP contribution in [-0.2, 0) is 16.1 Å². The minimum Gasteiger partial charge on any atom is -0.494 e. The van der Waals surface area contributed by atoms with Crippen LogP contribution in [0.25, 0.3) is 0 Å². The average Bonchev–Trinajstić information content (AvgIpc) is 2.92. The molecule has 1 unspecified atom stereocenters. The predicted molar refractivity (Wildman–Crippen MR) is 166 cm³/mol. The van der Waals surface area contributed by atoms with Crippen molar-refractivity contribution in [3.63, 3.8) is 0 Å². The van der Waals surface area contributed by atoms with Crippen molar-refractivity contribution in [2.75, 3.05) is 32.8 Å². The van der Waals surface area contributed by atoms with E-state index in [-0.39, 0.29) is 29.5 Å². The standard InChI is InChI=1S/C35H49N3O4/c1-7-41-28-14-12-26(13-15-28)22-36-23-31(30-11-9-8-10-29(30)25(2)3)38(32(39)24-36)27-20-35(21-27)16-18-37(19-17-35)33(40)42-34(4,5)6/h8-15,25,27,31H,7,16-24H2,1-6H3. The van der Waals surface area contributed by atoms with Crippen LogP contribution < -0.4 is 4.74 Å². The van der Waals surface area contributed by atoms with Crippen molar-refractivity contribution in [2.45, 2.75) is 97.4 Å². The van der Waals surface area contributed by atoms with Crippen LogP contribution in [0, 0.1) is 5.41 Å². The molecule has 7 heteroatoms. The topological polar surface area (TPSA) is 62.3 Å². The second-order valence-electron chi connectivity index (χ2n) is 13.9. The van der Waals surface area contributed by atoms with Crippen LogP contribution in [-0.4, -0.2) is 71.1 Å². The molecule has 2 saturated heterocycles. The maximum Gasteiger partial charge on any atom is 0.410 e. The van der Waals surface area contributed by atoms with E-state index < -0.39 is 5.60 Å². The molecule has 1 saturated carbocycles. The fourth-order valence-corrected chi connectivity index (χ4v) is 7.16. The van der Waals surface area contributed by atoms with Gasteiger partial charge in [-0.05, 0) is 93.5 Å². The third-order valence-electron chi connectivity index (χ3n) is 9.24. The van der Waals surface area contributed by atoms with Crippen molar-refractivity contribution in [3.8, 4) is 5.75 Å². The molecule has 1 spiro atoms. The first kappa shape index (κ1) is 30.4. The number of rotatable bonds is 7. The van der Waals surface area contributed by atoms with Gasteiger partial charge in [-0.1, -0.05) is 50.2 Å². The number of piperazine rings is 1. The smallest absolute Gasteiger partial charge is 0.410 e. The van der Waals surface area contributed by atoms with E-state index in [1.54, 1.807) is 0 Å². The van der Waals surface area contributed by atoms with Crippen LogP contribution in [0.2, 0.25) is 0 Å². The maximum absolute atomic E-state index is 14.0. The molecule has 1 aliphatic carbocycles. The van der Waals surface area contributed by atoms with Gasteiger partial charge in [-0.3, -0.25) is 9.69 Å². The number of nitrogens with zero attached hydrogens (tertiary/aromatic N) is 3. The molecule has 2 aliphatic heterocycles. The summed E-state index contributed by atoms with van der Waals surface area (Å²) in [6.07, 6.45) is 3.77. The molecular formula is C35H49N3O4. The van der Waals surface area contributed by atoms with E-state index in [1.807, 2.05) is 44.7 Å². The summed E-state index contributed by atoms with van der Waals surface area (Å²) in [6, 6.07) is 17.2. The van der Waals surface area contributed by atoms with Gasteiger partial charge in [-0.2, -0.15) is 0 Å². The lowest BCUT2D eigenvalue weighted by molar-refractivity contribution is -0.153. The molecule has 0 bridgehead atoms. The van der Waals surface area contributed by atoms with Crippen LogP contribution in [0.5, 0.6) is 5.75 Å². The van der Waals surface area contributed by atoms with E-state index >= 15 is 0 Å². The Morgan fingerprint density at radius 2 is 1.69 bits per heavy atom. The zero-order chi connectivity index (χ0) is 30.1. The van der Waals surface area contributed by atoms with Gasteiger partial charge in [0.25, 0.3) is 0 Å². The highest BCUT2D eigenvalue weighted by atomic mass is 16.6. The average molecular weight is 576 g/mol. The quantitative estimate of drug-likeness (QED) is 0.365. The fraction of sp³-hybridized carbons (Fsp3) is 0.600. The van der Waals surface area contributed by atoms with E-state index in [9.17, 15) is 9.59 Å². The molecular weight excluding hydrogens is 526 g/mol. The van der Waals surface area contributed by atoms with Crippen LogP contribution in [0.1, 0.15) is 95.9 Å². The molecule has 42 heavy (non-hydrogen) atoms. The number of hydrogen-bond acceptors (Lipinski definition) is 5. The second kappa shape index (κ2) is 12.3. The Balaban J connectivity index is 1.30. The molecule has 1 atom stereocenters. The molecule has 2 aromatic carbocycles. The number of piperidine rings is 1. The van der Waals surface area contributed by atoms with E-state index in [0.717, 1.165) is 57.6 Å². The lowest BCUT2D eigenvalue weighted by Gasteiger charge is -2.58. The Hall–Kier alpha value is -3.06. The van der Waals surface area contributed by atoms with Gasteiger partial charge >= 0.3 is 6.09 Å². The third-order valence-corrected chi connectivity index (χ3v) is 9.24. The predicted octanol–water partition coefficient (Wildman–Crippen LogP) is 6.77. The highest BCUT2D eigenvalue weighted by Crippen LogP contribution is 2.53. The summed E-state index contributed by atoms with van der Waals surface area (Å²) in [6.45, 7) is 16.3. The van der Waals surface area contributed by atoms with Gasteiger partial charge < -0.3 is 19.3 Å². The molecule has 0 N–H and O–H groups in total. The number of benzene rings is 2. The van der Waals surface area contributed by atoms with Gasteiger partial charge in [-0.15, -0.1) is 0 Å². The summed E-state index contributed by atoms with van der Waals surface area (Å²) in [5.74, 6) is 1.48. The van der Waals surface area contributed by atoms with Gasteiger partial charge in [-0.25, -0.2) is 4.79 Å². The van der Waals surface area contributed by atoms with Crippen molar-refractivity contribution in [3.05, 3.63) is 65.2 Å². The van der Waals surface area contributed by atoms with Gasteiger partial charge in [0.1, 0.15) is 11.4 Å². The number of hydrogen-bond donors (Lipinski definition) is 0. The summed E-state index contributed by atoms with van der Waals surface area (Å²) < 4.78 is 11.2. The van der Waals surface area contributed by atoms with Gasteiger partial charge in [0.05, 0.1) is 19.2 Å². The molecule has 2 heterocycles. The van der Waals surface area contributed by atoms with Gasteiger partial charge in [0.15, 0.2) is 0 Å². The lowest BCUT2D eigenvalue weighted by atomic mass is 9.59. The third kappa shape index (κ3) is 6.77. The van der Waals surface area contributed by atoms with E-state index in [0.29, 0.717) is 19.1 Å². The molecule has 2 amide bonds. The first-order valence-corrected chi connectivity index (χ1v) is 15.8.